The molecule has 11 nitrogen and oxygen atoms in total. The van der Waals surface area contributed by atoms with Gasteiger partial charge in [0.1, 0.15) is 6.23 Å². The Morgan fingerprint density at radius 1 is 1.37 bits per heavy atom. The number of imidazole rings is 1. The number of hydrogen-bond donors (Lipinski definition) is 2. The SMILES string of the molecule is CC(C)N1CC(COP(=O)(C(C)C)N(C)C)OC(n2cnc3c(=O)[nH]c(N)nc32)C1. The molecular formula is C18H32N7O4P. The van der Waals surface area contributed by atoms with Crippen molar-refractivity contribution in [3.63, 3.8) is 0 Å². The van der Waals surface area contributed by atoms with Crippen molar-refractivity contribution in [3.05, 3.63) is 16.7 Å². The Bertz CT molecular complexity index is 975. The molecule has 0 bridgehead atoms. The van der Waals surface area contributed by atoms with Gasteiger partial charge in [0, 0.05) is 24.8 Å². The van der Waals surface area contributed by atoms with Crippen LogP contribution in [0.4, 0.5) is 5.95 Å². The fraction of sp³-hybridized carbons (Fsp3) is 0.722. The molecule has 1 saturated heterocycles. The third kappa shape index (κ3) is 4.45. The zero-order valence-electron chi connectivity index (χ0n) is 18.4. The minimum atomic E-state index is -2.96. The fourth-order valence-corrected chi connectivity index (χ4v) is 5.41. The highest BCUT2D eigenvalue weighted by Crippen LogP contribution is 2.53. The molecule has 0 spiro atoms. The molecule has 168 valence electrons. The zero-order valence-corrected chi connectivity index (χ0v) is 19.3. The van der Waals surface area contributed by atoms with Gasteiger partial charge in [-0.05, 0) is 27.9 Å². The van der Waals surface area contributed by atoms with E-state index in [0.29, 0.717) is 18.7 Å². The Balaban J connectivity index is 1.86. The third-order valence-electron chi connectivity index (χ3n) is 5.33. The largest absolute Gasteiger partial charge is 0.369 e. The molecule has 1 aliphatic rings. The molecule has 0 saturated carbocycles. The summed E-state index contributed by atoms with van der Waals surface area (Å²) in [5, 5.41) is 0. The molecule has 30 heavy (non-hydrogen) atoms. The lowest BCUT2D eigenvalue weighted by Gasteiger charge is -2.41. The van der Waals surface area contributed by atoms with E-state index in [9.17, 15) is 9.36 Å². The quantitative estimate of drug-likeness (QED) is 0.613. The highest BCUT2D eigenvalue weighted by Gasteiger charge is 2.36. The Morgan fingerprint density at radius 3 is 2.67 bits per heavy atom. The molecule has 2 aromatic heterocycles. The van der Waals surface area contributed by atoms with Gasteiger partial charge in [0.2, 0.25) is 5.95 Å². The van der Waals surface area contributed by atoms with Crippen LogP contribution in [0.3, 0.4) is 0 Å². The normalized spacial score (nSPS) is 23.0. The summed E-state index contributed by atoms with van der Waals surface area (Å²) in [6.07, 6.45) is 0.790. The minimum Gasteiger partial charge on any atom is -0.369 e. The second kappa shape index (κ2) is 8.76. The lowest BCUT2D eigenvalue weighted by Crippen LogP contribution is -2.50. The first-order chi connectivity index (χ1) is 14.0. The number of rotatable bonds is 7. The molecule has 3 rings (SSSR count). The van der Waals surface area contributed by atoms with Crippen LogP contribution in [0.1, 0.15) is 33.9 Å². The summed E-state index contributed by atoms with van der Waals surface area (Å²) >= 11 is 0. The van der Waals surface area contributed by atoms with Crippen LogP contribution >= 0.6 is 7.52 Å². The van der Waals surface area contributed by atoms with Crippen LogP contribution < -0.4 is 11.3 Å². The van der Waals surface area contributed by atoms with Crippen molar-refractivity contribution in [1.82, 2.24) is 29.1 Å². The van der Waals surface area contributed by atoms with E-state index in [-0.39, 0.29) is 35.9 Å². The van der Waals surface area contributed by atoms with Crippen molar-refractivity contribution >= 4 is 24.6 Å². The van der Waals surface area contributed by atoms with E-state index in [1.807, 2.05) is 13.8 Å². The van der Waals surface area contributed by atoms with Gasteiger partial charge in [0.25, 0.3) is 13.1 Å². The molecule has 3 heterocycles. The van der Waals surface area contributed by atoms with Gasteiger partial charge in [-0.1, -0.05) is 13.8 Å². The van der Waals surface area contributed by atoms with Crippen LogP contribution in [0.15, 0.2) is 11.1 Å². The smallest absolute Gasteiger partial charge is 0.280 e. The van der Waals surface area contributed by atoms with E-state index in [2.05, 4.69) is 33.7 Å². The minimum absolute atomic E-state index is 0.0227. The second-order valence-corrected chi connectivity index (χ2v) is 11.6. The maximum Gasteiger partial charge on any atom is 0.280 e. The molecule has 0 aliphatic carbocycles. The van der Waals surface area contributed by atoms with Crippen LogP contribution in [0.2, 0.25) is 0 Å². The molecular weight excluding hydrogens is 409 g/mol. The number of morpholine rings is 1. The molecule has 2 aromatic rings. The number of aromatic nitrogens is 4. The monoisotopic (exact) mass is 441 g/mol. The van der Waals surface area contributed by atoms with Gasteiger partial charge in [-0.15, -0.1) is 0 Å². The second-order valence-electron chi connectivity index (χ2n) is 8.34. The number of fused-ring (bicyclic) bond motifs is 1. The van der Waals surface area contributed by atoms with E-state index in [4.69, 9.17) is 15.0 Å². The van der Waals surface area contributed by atoms with Gasteiger partial charge in [0.15, 0.2) is 11.2 Å². The Hall–Kier alpha value is -1.78. The first-order valence-electron chi connectivity index (χ1n) is 10.1. The number of aromatic amines is 1. The number of nitrogen functional groups attached to an aromatic ring is 1. The molecule has 1 aliphatic heterocycles. The summed E-state index contributed by atoms with van der Waals surface area (Å²) in [5.41, 5.74) is 5.77. The van der Waals surface area contributed by atoms with Gasteiger partial charge in [-0.25, -0.2) is 9.65 Å². The van der Waals surface area contributed by atoms with Crippen LogP contribution in [0.25, 0.3) is 11.2 Å². The number of anilines is 1. The lowest BCUT2D eigenvalue weighted by atomic mass is 10.2. The molecule has 0 radical (unpaired) electrons. The van der Waals surface area contributed by atoms with Crippen LogP contribution in [-0.2, 0) is 13.8 Å². The van der Waals surface area contributed by atoms with Crippen molar-refractivity contribution in [2.75, 3.05) is 39.5 Å². The van der Waals surface area contributed by atoms with Crippen LogP contribution in [0.5, 0.6) is 0 Å². The van der Waals surface area contributed by atoms with E-state index in [1.165, 1.54) is 6.33 Å². The van der Waals surface area contributed by atoms with Gasteiger partial charge in [-0.3, -0.25) is 23.8 Å². The van der Waals surface area contributed by atoms with E-state index in [0.717, 1.165) is 0 Å². The van der Waals surface area contributed by atoms with Crippen LogP contribution in [-0.4, -0.2) is 80.7 Å². The maximum atomic E-state index is 13.2. The number of H-pyrrole nitrogens is 1. The topological polar surface area (TPSA) is 132 Å². The average molecular weight is 441 g/mol. The number of nitrogens with zero attached hydrogens (tertiary/aromatic N) is 5. The summed E-state index contributed by atoms with van der Waals surface area (Å²) in [5.74, 6) is 0.0227. The Kier molecular flexibility index (Phi) is 6.69. The first-order valence-corrected chi connectivity index (χ1v) is 11.7. The number of hydrogen-bond acceptors (Lipinski definition) is 8. The predicted molar refractivity (Wildman–Crippen MR) is 116 cm³/mol. The van der Waals surface area contributed by atoms with Gasteiger partial charge < -0.3 is 15.0 Å². The molecule has 3 atom stereocenters. The highest BCUT2D eigenvalue weighted by atomic mass is 31.2. The zero-order chi connectivity index (χ0) is 22.2. The maximum absolute atomic E-state index is 13.2. The van der Waals surface area contributed by atoms with E-state index < -0.39 is 19.3 Å². The Labute approximate surface area is 176 Å². The summed E-state index contributed by atoms with van der Waals surface area (Å²) in [7, 11) is 0.558. The fourth-order valence-electron chi connectivity index (χ4n) is 3.58. The van der Waals surface area contributed by atoms with Crippen molar-refractivity contribution in [3.8, 4) is 0 Å². The molecule has 0 amide bonds. The van der Waals surface area contributed by atoms with Crippen molar-refractivity contribution in [1.29, 1.82) is 0 Å². The van der Waals surface area contributed by atoms with Gasteiger partial charge in [0.05, 0.1) is 19.0 Å². The molecule has 3 unspecified atom stereocenters. The van der Waals surface area contributed by atoms with E-state index >= 15 is 0 Å². The van der Waals surface area contributed by atoms with Crippen molar-refractivity contribution in [2.45, 2.75) is 51.7 Å². The molecule has 3 N–H and O–H groups in total. The van der Waals surface area contributed by atoms with Crippen LogP contribution in [0, 0.1) is 0 Å². The van der Waals surface area contributed by atoms with E-state index in [1.54, 1.807) is 23.3 Å². The average Bonchev–Trinajstić information content (AvgIpc) is 3.09. The summed E-state index contributed by atoms with van der Waals surface area (Å²) in [6.45, 7) is 9.40. The lowest BCUT2D eigenvalue weighted by molar-refractivity contribution is -0.136. The summed E-state index contributed by atoms with van der Waals surface area (Å²) in [4.78, 5) is 25.2. The van der Waals surface area contributed by atoms with Gasteiger partial charge in [-0.2, -0.15) is 4.98 Å². The Morgan fingerprint density at radius 2 is 2.07 bits per heavy atom. The first kappa shape index (κ1) is 22.9. The third-order valence-corrected chi connectivity index (χ3v) is 8.26. The highest BCUT2D eigenvalue weighted by molar-refractivity contribution is 7.57. The number of nitrogens with one attached hydrogen (secondary N) is 1. The molecule has 0 aromatic carbocycles. The number of nitrogens with two attached hydrogens (primary N) is 1. The van der Waals surface area contributed by atoms with Gasteiger partial charge >= 0.3 is 0 Å². The van der Waals surface area contributed by atoms with Crippen molar-refractivity contribution < 1.29 is 13.8 Å². The summed E-state index contributed by atoms with van der Waals surface area (Å²) in [6, 6.07) is 0.265. The van der Waals surface area contributed by atoms with Crippen molar-refractivity contribution in [2.24, 2.45) is 0 Å². The molecule has 12 heteroatoms. The number of ether oxygens (including phenoxy) is 1. The predicted octanol–water partition coefficient (Wildman–Crippen LogP) is 1.49. The standard InChI is InChI=1S/C18H32N7O4P/c1-11(2)24-7-13(9-28-30(27,12(3)4)23(5)6)29-14(8-24)25-10-20-15-16(25)21-18(19)22-17(15)26/h10-14H,7-9H2,1-6H3,(H3,19,21,22,26). The molecule has 1 fully saturated rings. The summed E-state index contributed by atoms with van der Waals surface area (Å²) < 4.78 is 28.8.